The molecular weight excluding hydrogens is 662 g/mol. The number of hydrogen-bond donors (Lipinski definition) is 4. The summed E-state index contributed by atoms with van der Waals surface area (Å²) in [6.07, 6.45) is -9.93. The third kappa shape index (κ3) is 13.1. The molecular formula is C24H16F10N4O6S. The summed E-state index contributed by atoms with van der Waals surface area (Å²) in [5, 5.41) is 22.1. The number of pyridine rings is 2. The van der Waals surface area contributed by atoms with Crippen LogP contribution in [0.1, 0.15) is 16.6 Å². The van der Waals surface area contributed by atoms with Crippen molar-refractivity contribution in [1.29, 1.82) is 0 Å². The standard InChI is InChI=1S/C18H13FN4S.3C2HF3O2/c19-14-3-1-12(2-4-14)16(20)18-23-15-9-13(10-22-17(15)24-18)11-5-7-21-8-6-11;3*3-2(4,5)1(6)7/h1-10,16H,20H2;3*(H,6,7)/t16-;;;/m1.../s1. The smallest absolute Gasteiger partial charge is 0.475 e. The predicted molar refractivity (Wildman–Crippen MR) is 134 cm³/mol. The zero-order valence-corrected chi connectivity index (χ0v) is 22.3. The molecule has 10 nitrogen and oxygen atoms in total. The van der Waals surface area contributed by atoms with E-state index >= 15 is 0 Å². The van der Waals surface area contributed by atoms with E-state index < -0.39 is 42.5 Å². The summed E-state index contributed by atoms with van der Waals surface area (Å²) >= 11 is 1.45. The van der Waals surface area contributed by atoms with Crippen LogP contribution < -0.4 is 5.73 Å². The highest BCUT2D eigenvalue weighted by Gasteiger charge is 2.39. The number of halogens is 10. The van der Waals surface area contributed by atoms with Crippen molar-refractivity contribution in [2.45, 2.75) is 24.6 Å². The molecule has 244 valence electrons. The number of rotatable bonds is 3. The maximum atomic E-state index is 13.1. The van der Waals surface area contributed by atoms with Gasteiger partial charge < -0.3 is 21.1 Å². The molecule has 4 aromatic rings. The molecule has 0 unspecified atom stereocenters. The lowest BCUT2D eigenvalue weighted by Crippen LogP contribution is -2.21. The number of carboxylic acids is 3. The van der Waals surface area contributed by atoms with Gasteiger partial charge in [-0.15, -0.1) is 0 Å². The summed E-state index contributed by atoms with van der Waals surface area (Å²) in [4.78, 5) is 40.7. The Morgan fingerprint density at radius 3 is 1.56 bits per heavy atom. The van der Waals surface area contributed by atoms with Crippen LogP contribution in [0.5, 0.6) is 0 Å². The molecule has 0 spiro atoms. The third-order valence-corrected chi connectivity index (χ3v) is 5.56. The highest BCUT2D eigenvalue weighted by atomic mass is 32.1. The summed E-state index contributed by atoms with van der Waals surface area (Å²) in [5.74, 6) is -8.55. The maximum Gasteiger partial charge on any atom is 0.490 e. The number of hydrogen-bond acceptors (Lipinski definition) is 8. The number of nitrogens with two attached hydrogens (primary N) is 1. The quantitative estimate of drug-likeness (QED) is 0.193. The minimum Gasteiger partial charge on any atom is -0.475 e. The zero-order chi connectivity index (χ0) is 34.8. The number of nitrogens with zero attached hydrogens (tertiary/aromatic N) is 3. The van der Waals surface area contributed by atoms with Gasteiger partial charge in [0.2, 0.25) is 0 Å². The average molecular weight is 678 g/mol. The first-order valence-corrected chi connectivity index (χ1v) is 11.9. The molecule has 0 saturated heterocycles. The van der Waals surface area contributed by atoms with Crippen LogP contribution >= 0.6 is 11.3 Å². The van der Waals surface area contributed by atoms with E-state index in [-0.39, 0.29) is 5.82 Å². The monoisotopic (exact) mass is 678 g/mol. The fraction of sp³-hybridized carbons (Fsp3) is 0.167. The number of alkyl halides is 9. The summed E-state index contributed by atoms with van der Waals surface area (Å²) in [5.41, 5.74) is 9.92. The van der Waals surface area contributed by atoms with Gasteiger partial charge >= 0.3 is 36.4 Å². The van der Waals surface area contributed by atoms with Crippen LogP contribution in [0.3, 0.4) is 0 Å². The van der Waals surface area contributed by atoms with Gasteiger partial charge in [-0.1, -0.05) is 23.5 Å². The van der Waals surface area contributed by atoms with E-state index in [4.69, 9.17) is 35.4 Å². The van der Waals surface area contributed by atoms with Gasteiger partial charge in [0.15, 0.2) is 0 Å². The highest BCUT2D eigenvalue weighted by Crippen LogP contribution is 2.30. The second-order valence-electron chi connectivity index (χ2n) is 7.77. The van der Waals surface area contributed by atoms with Crippen LogP contribution in [-0.2, 0) is 14.4 Å². The predicted octanol–water partition coefficient (Wildman–Crippen LogP) is 5.84. The summed E-state index contributed by atoms with van der Waals surface area (Å²) < 4.78 is 108. The maximum absolute atomic E-state index is 13.1. The van der Waals surface area contributed by atoms with E-state index in [1.807, 2.05) is 24.4 Å². The Balaban J connectivity index is 0.000000396. The normalized spacial score (nSPS) is 11.9. The molecule has 0 fully saturated rings. The minimum atomic E-state index is -5.08. The second kappa shape index (κ2) is 15.7. The lowest BCUT2D eigenvalue weighted by atomic mass is 10.1. The van der Waals surface area contributed by atoms with Crippen molar-refractivity contribution in [2.75, 3.05) is 0 Å². The molecule has 0 saturated carbocycles. The zero-order valence-electron chi connectivity index (χ0n) is 21.5. The fourth-order valence-corrected chi connectivity index (χ4v) is 3.41. The molecule has 0 amide bonds. The molecule has 0 bridgehead atoms. The summed E-state index contributed by atoms with van der Waals surface area (Å²) in [7, 11) is 0. The van der Waals surface area contributed by atoms with Crippen LogP contribution in [0.2, 0.25) is 0 Å². The topological polar surface area (TPSA) is 177 Å². The SMILES string of the molecule is N[C@H](c1ccc(F)cc1)c1nc2cc(-c3ccncc3)cnc2s1.O=C(O)C(F)(F)F.O=C(O)C(F)(F)F.O=C(O)C(F)(F)F. The van der Waals surface area contributed by atoms with Gasteiger partial charge in [-0.05, 0) is 41.5 Å². The van der Waals surface area contributed by atoms with E-state index in [2.05, 4.69) is 15.0 Å². The van der Waals surface area contributed by atoms with Gasteiger partial charge in [-0.2, -0.15) is 39.5 Å². The van der Waals surface area contributed by atoms with Crippen molar-refractivity contribution in [1.82, 2.24) is 15.0 Å². The van der Waals surface area contributed by atoms with Crippen molar-refractivity contribution < 1.29 is 73.6 Å². The van der Waals surface area contributed by atoms with Crippen molar-refractivity contribution >= 4 is 39.6 Å². The highest BCUT2D eigenvalue weighted by molar-refractivity contribution is 7.18. The first-order valence-electron chi connectivity index (χ1n) is 11.1. The second-order valence-corrected chi connectivity index (χ2v) is 8.78. The lowest BCUT2D eigenvalue weighted by molar-refractivity contribution is -0.193. The van der Waals surface area contributed by atoms with Crippen molar-refractivity contribution in [3.8, 4) is 11.1 Å². The summed E-state index contributed by atoms with van der Waals surface area (Å²) in [6.45, 7) is 0. The number of aliphatic carboxylic acids is 3. The number of aromatic nitrogens is 3. The molecule has 0 aliphatic carbocycles. The number of benzene rings is 1. The van der Waals surface area contributed by atoms with Gasteiger partial charge in [-0.25, -0.2) is 28.7 Å². The van der Waals surface area contributed by atoms with E-state index in [0.29, 0.717) is 0 Å². The van der Waals surface area contributed by atoms with Crippen LogP contribution in [0.15, 0.2) is 61.1 Å². The van der Waals surface area contributed by atoms with Gasteiger partial charge in [0.05, 0.1) is 6.04 Å². The van der Waals surface area contributed by atoms with Crippen LogP contribution in [0.25, 0.3) is 21.5 Å². The molecule has 3 aromatic heterocycles. The van der Waals surface area contributed by atoms with E-state index in [1.165, 1.54) is 23.5 Å². The molecule has 21 heteroatoms. The largest absolute Gasteiger partial charge is 0.490 e. The van der Waals surface area contributed by atoms with E-state index in [0.717, 1.165) is 32.0 Å². The van der Waals surface area contributed by atoms with E-state index in [9.17, 15) is 43.9 Å². The van der Waals surface area contributed by atoms with Gasteiger partial charge in [0, 0.05) is 24.2 Å². The van der Waals surface area contributed by atoms with Crippen molar-refractivity contribution in [2.24, 2.45) is 5.73 Å². The third-order valence-electron chi connectivity index (χ3n) is 4.50. The number of fused-ring (bicyclic) bond motifs is 1. The average Bonchev–Trinajstić information content (AvgIpc) is 3.37. The van der Waals surface area contributed by atoms with Crippen LogP contribution in [-0.4, -0.2) is 66.7 Å². The summed E-state index contributed by atoms with van der Waals surface area (Å²) in [6, 6.07) is 11.6. The molecule has 3 heterocycles. The van der Waals surface area contributed by atoms with Crippen molar-refractivity contribution in [3.63, 3.8) is 0 Å². The first kappa shape index (κ1) is 38.1. The fourth-order valence-electron chi connectivity index (χ4n) is 2.49. The van der Waals surface area contributed by atoms with Gasteiger partial charge in [-0.3, -0.25) is 4.98 Å². The Bertz CT molecular complexity index is 1520. The minimum absolute atomic E-state index is 0.279. The Labute approximate surface area is 247 Å². The Morgan fingerprint density at radius 1 is 0.733 bits per heavy atom. The van der Waals surface area contributed by atoms with Crippen LogP contribution in [0.4, 0.5) is 43.9 Å². The Morgan fingerprint density at radius 2 is 1.16 bits per heavy atom. The lowest BCUT2D eigenvalue weighted by Gasteiger charge is -2.07. The molecule has 0 radical (unpaired) electrons. The molecule has 1 aromatic carbocycles. The Kier molecular flexibility index (Phi) is 13.3. The van der Waals surface area contributed by atoms with Gasteiger partial charge in [0.25, 0.3) is 0 Å². The molecule has 45 heavy (non-hydrogen) atoms. The molecule has 5 N–H and O–H groups in total. The first-order chi connectivity index (χ1) is 20.5. The van der Waals surface area contributed by atoms with E-state index in [1.54, 1.807) is 24.5 Å². The molecule has 0 aliphatic rings. The molecule has 1 atom stereocenters. The number of carbonyl (C=O) groups is 3. The number of carboxylic acid groups (broad SMARTS) is 3. The van der Waals surface area contributed by atoms with Crippen LogP contribution in [0, 0.1) is 5.82 Å². The molecule has 0 aliphatic heterocycles. The Hall–Kier alpha value is -4.92. The van der Waals surface area contributed by atoms with Gasteiger partial charge in [0.1, 0.15) is 21.2 Å². The van der Waals surface area contributed by atoms with Crippen molar-refractivity contribution in [3.05, 3.63) is 77.4 Å². The number of thiazole rings is 1. The molecule has 4 rings (SSSR count).